The minimum Gasteiger partial charge on any atom is -0.381 e. The Kier molecular flexibility index (Phi) is 4.02. The first-order valence-corrected chi connectivity index (χ1v) is 6.57. The fourth-order valence-corrected chi connectivity index (χ4v) is 2.29. The molecule has 0 aromatic carbocycles. The normalized spacial score (nSPS) is 25.3. The molecule has 1 fully saturated rings. The van der Waals surface area contributed by atoms with E-state index in [-0.39, 0.29) is 11.3 Å². The lowest BCUT2D eigenvalue weighted by Crippen LogP contribution is -2.39. The van der Waals surface area contributed by atoms with E-state index < -0.39 is 0 Å². The lowest BCUT2D eigenvalue weighted by atomic mass is 9.92. The van der Waals surface area contributed by atoms with Crippen LogP contribution in [0, 0.1) is 5.41 Å². The molecule has 2 unspecified atom stereocenters. The zero-order valence-corrected chi connectivity index (χ0v) is 11.7. The van der Waals surface area contributed by atoms with Gasteiger partial charge in [-0.3, -0.25) is 0 Å². The Morgan fingerprint density at radius 1 is 1.39 bits per heavy atom. The second-order valence-electron chi connectivity index (χ2n) is 6.15. The summed E-state index contributed by atoms with van der Waals surface area (Å²) in [4.78, 5) is 4.52. The quantitative estimate of drug-likeness (QED) is 0.889. The third-order valence-corrected chi connectivity index (χ3v) is 3.22. The van der Waals surface area contributed by atoms with Crippen molar-refractivity contribution < 1.29 is 9.26 Å². The maximum Gasteiger partial charge on any atom is 0.233 e. The molecular weight excluding hydrogens is 230 g/mol. The van der Waals surface area contributed by atoms with E-state index in [0.29, 0.717) is 18.5 Å². The van der Waals surface area contributed by atoms with E-state index >= 15 is 0 Å². The highest BCUT2D eigenvalue weighted by Gasteiger charge is 2.31. The van der Waals surface area contributed by atoms with Gasteiger partial charge < -0.3 is 14.6 Å². The molecule has 1 saturated heterocycles. The van der Waals surface area contributed by atoms with Crippen molar-refractivity contribution in [3.63, 3.8) is 0 Å². The maximum atomic E-state index is 5.51. The van der Waals surface area contributed by atoms with Gasteiger partial charge in [0, 0.05) is 19.1 Å². The van der Waals surface area contributed by atoms with Crippen LogP contribution < -0.4 is 5.32 Å². The van der Waals surface area contributed by atoms with Crippen LogP contribution in [-0.4, -0.2) is 36.4 Å². The van der Waals surface area contributed by atoms with E-state index in [1.807, 2.05) is 7.05 Å². The molecule has 1 aliphatic heterocycles. The number of ether oxygens (including phenoxy) is 1. The number of likely N-dealkylation sites (N-methyl/N-ethyl adjacent to an activating group) is 1. The standard InChI is InChI=1S/C13H23N3O2/c1-13(2,3)7-11-15-12(18-16-11)9-8-17-6-5-10(9)14-4/h9-10,14H,5-8H2,1-4H3. The van der Waals surface area contributed by atoms with Crippen LogP contribution in [0.2, 0.25) is 0 Å². The first-order chi connectivity index (χ1) is 8.49. The second-order valence-corrected chi connectivity index (χ2v) is 6.15. The van der Waals surface area contributed by atoms with E-state index in [4.69, 9.17) is 9.26 Å². The highest BCUT2D eigenvalue weighted by Crippen LogP contribution is 2.26. The maximum absolute atomic E-state index is 5.51. The molecule has 2 rings (SSSR count). The summed E-state index contributed by atoms with van der Waals surface area (Å²) in [5.74, 6) is 1.66. The molecule has 5 nitrogen and oxygen atoms in total. The predicted molar refractivity (Wildman–Crippen MR) is 68.5 cm³/mol. The van der Waals surface area contributed by atoms with E-state index in [2.05, 4.69) is 36.2 Å². The average Bonchev–Trinajstić information content (AvgIpc) is 2.75. The van der Waals surface area contributed by atoms with Gasteiger partial charge >= 0.3 is 0 Å². The van der Waals surface area contributed by atoms with Crippen molar-refractivity contribution in [3.05, 3.63) is 11.7 Å². The van der Waals surface area contributed by atoms with Crippen molar-refractivity contribution in [1.82, 2.24) is 15.5 Å². The molecule has 0 amide bonds. The van der Waals surface area contributed by atoms with E-state index in [0.717, 1.165) is 25.3 Å². The van der Waals surface area contributed by atoms with Gasteiger partial charge in [-0.2, -0.15) is 4.98 Å². The van der Waals surface area contributed by atoms with E-state index in [1.54, 1.807) is 0 Å². The number of rotatable bonds is 3. The zero-order valence-electron chi connectivity index (χ0n) is 11.7. The first-order valence-electron chi connectivity index (χ1n) is 6.57. The Morgan fingerprint density at radius 2 is 2.17 bits per heavy atom. The molecule has 102 valence electrons. The molecule has 1 aliphatic rings. The molecule has 2 heterocycles. The Bertz CT molecular complexity index is 384. The second kappa shape index (κ2) is 5.36. The Labute approximate surface area is 108 Å². The topological polar surface area (TPSA) is 60.2 Å². The fraction of sp³-hybridized carbons (Fsp3) is 0.846. The molecule has 0 aliphatic carbocycles. The van der Waals surface area contributed by atoms with Crippen LogP contribution in [0.1, 0.15) is 44.8 Å². The third-order valence-electron chi connectivity index (χ3n) is 3.22. The van der Waals surface area contributed by atoms with Crippen LogP contribution in [0.5, 0.6) is 0 Å². The van der Waals surface area contributed by atoms with Crippen molar-refractivity contribution in [1.29, 1.82) is 0 Å². The van der Waals surface area contributed by atoms with Gasteiger partial charge in [0.05, 0.1) is 12.5 Å². The average molecular weight is 253 g/mol. The third kappa shape index (κ3) is 3.29. The molecule has 0 saturated carbocycles. The lowest BCUT2D eigenvalue weighted by molar-refractivity contribution is 0.0516. The first kappa shape index (κ1) is 13.5. The predicted octanol–water partition coefficient (Wildman–Crippen LogP) is 1.75. The van der Waals surface area contributed by atoms with Gasteiger partial charge in [0.15, 0.2) is 5.82 Å². The SMILES string of the molecule is CNC1CCOCC1c1nc(CC(C)(C)C)no1. The number of nitrogens with zero attached hydrogens (tertiary/aromatic N) is 2. The van der Waals surface area contributed by atoms with Crippen molar-refractivity contribution in [3.8, 4) is 0 Å². The summed E-state index contributed by atoms with van der Waals surface area (Å²) in [7, 11) is 1.97. The van der Waals surface area contributed by atoms with Gasteiger partial charge in [-0.05, 0) is 18.9 Å². The lowest BCUT2D eigenvalue weighted by Gasteiger charge is -2.28. The highest BCUT2D eigenvalue weighted by atomic mass is 16.5. The van der Waals surface area contributed by atoms with Gasteiger partial charge in [0.25, 0.3) is 0 Å². The van der Waals surface area contributed by atoms with Crippen LogP contribution in [-0.2, 0) is 11.2 Å². The van der Waals surface area contributed by atoms with Gasteiger partial charge in [0.2, 0.25) is 5.89 Å². The summed E-state index contributed by atoms with van der Waals surface area (Å²) >= 11 is 0. The van der Waals surface area contributed by atoms with Gasteiger partial charge in [-0.25, -0.2) is 0 Å². The summed E-state index contributed by atoms with van der Waals surface area (Å²) in [5.41, 5.74) is 0.173. The monoisotopic (exact) mass is 253 g/mol. The molecule has 0 bridgehead atoms. The molecular formula is C13H23N3O2. The summed E-state index contributed by atoms with van der Waals surface area (Å²) < 4.78 is 10.9. The molecule has 1 aromatic rings. The molecule has 0 radical (unpaired) electrons. The molecule has 1 aromatic heterocycles. The molecule has 5 heteroatoms. The Balaban J connectivity index is 2.08. The fourth-order valence-electron chi connectivity index (χ4n) is 2.29. The van der Waals surface area contributed by atoms with Gasteiger partial charge in [-0.1, -0.05) is 25.9 Å². The van der Waals surface area contributed by atoms with Crippen LogP contribution in [0.4, 0.5) is 0 Å². The minimum atomic E-state index is 0.171. The van der Waals surface area contributed by atoms with E-state index in [1.165, 1.54) is 0 Å². The number of aromatic nitrogens is 2. The summed E-state index contributed by atoms with van der Waals surface area (Å²) in [6, 6.07) is 0.363. The number of hydrogen-bond acceptors (Lipinski definition) is 5. The summed E-state index contributed by atoms with van der Waals surface area (Å²) in [6.07, 6.45) is 1.81. The van der Waals surface area contributed by atoms with E-state index in [9.17, 15) is 0 Å². The van der Waals surface area contributed by atoms with Crippen molar-refractivity contribution >= 4 is 0 Å². The van der Waals surface area contributed by atoms with Crippen molar-refractivity contribution in [2.45, 2.75) is 45.6 Å². The molecule has 0 spiro atoms. The number of hydrogen-bond donors (Lipinski definition) is 1. The van der Waals surface area contributed by atoms with Crippen LogP contribution in [0.15, 0.2) is 4.52 Å². The van der Waals surface area contributed by atoms with Crippen LogP contribution >= 0.6 is 0 Å². The molecule has 18 heavy (non-hydrogen) atoms. The van der Waals surface area contributed by atoms with Crippen molar-refractivity contribution in [2.24, 2.45) is 5.41 Å². The summed E-state index contributed by atoms with van der Waals surface area (Å²) in [5, 5.41) is 7.38. The summed E-state index contributed by atoms with van der Waals surface area (Å²) in [6.45, 7) is 7.96. The molecule has 1 N–H and O–H groups in total. The Morgan fingerprint density at radius 3 is 2.83 bits per heavy atom. The van der Waals surface area contributed by atoms with Crippen LogP contribution in [0.25, 0.3) is 0 Å². The minimum absolute atomic E-state index is 0.171. The van der Waals surface area contributed by atoms with Crippen LogP contribution in [0.3, 0.4) is 0 Å². The van der Waals surface area contributed by atoms with Gasteiger partial charge in [0.1, 0.15) is 0 Å². The number of nitrogens with one attached hydrogen (secondary N) is 1. The Hall–Kier alpha value is -0.940. The molecule has 2 atom stereocenters. The highest BCUT2D eigenvalue weighted by molar-refractivity contribution is 5.01. The largest absolute Gasteiger partial charge is 0.381 e. The van der Waals surface area contributed by atoms with Gasteiger partial charge in [-0.15, -0.1) is 0 Å². The smallest absolute Gasteiger partial charge is 0.233 e. The van der Waals surface area contributed by atoms with Crippen molar-refractivity contribution in [2.75, 3.05) is 20.3 Å². The zero-order chi connectivity index (χ0) is 13.2.